The summed E-state index contributed by atoms with van der Waals surface area (Å²) >= 11 is 7.36. The number of rotatable bonds is 14. The van der Waals surface area contributed by atoms with E-state index >= 15 is 8.78 Å². The maximum atomic E-state index is 15.3. The van der Waals surface area contributed by atoms with Gasteiger partial charge in [0.05, 0.1) is 31.2 Å². The highest BCUT2D eigenvalue weighted by Gasteiger charge is 2.54. The van der Waals surface area contributed by atoms with Crippen molar-refractivity contribution in [2.75, 3.05) is 36.9 Å². The maximum Gasteiger partial charge on any atom is 0.582 e. The molecule has 11 atom stereocenters. The molecule has 0 spiro atoms. The second-order valence-electron chi connectivity index (χ2n) is 10.6. The van der Waals surface area contributed by atoms with E-state index in [-0.39, 0.29) is 5.65 Å². The van der Waals surface area contributed by atoms with E-state index < -0.39 is 82.7 Å². The van der Waals surface area contributed by atoms with Gasteiger partial charge in [-0.15, -0.1) is 9.05 Å². The number of ether oxygens (including phenoxy) is 2. The monoisotopic (exact) mass is 747 g/mol. The number of aliphatic hydroxyl groups is 2. The van der Waals surface area contributed by atoms with Crippen molar-refractivity contribution in [3.8, 4) is 0 Å². The lowest BCUT2D eigenvalue weighted by Crippen LogP contribution is -2.33. The molecule has 0 saturated carbocycles. The standard InChI is InChI=1S/C25H27F2N9O8P2S2/c26-14-19(41-12(6-37)20(14)43-45(39)47)11-5-30-17-16(11)31-8-32-22(17)28-3-1-2-4-29-23-18-24(34-9-33-23)36(10-35-18)25-15(27)21(44-46(40)48)13(7-38)42-25/h1-2,5,8-15,19-21,25,37-38H,3-4,6-7H2,(H2-2,28,29,31,32,33,34,39,40,47,48)/p+2/b2-1+/t11-,12?,13?,14-,15+,19?,20+,21+,25+/m0/s1. The summed E-state index contributed by atoms with van der Waals surface area (Å²) in [5.74, 6) is 0.101. The van der Waals surface area contributed by atoms with Crippen molar-refractivity contribution in [2.45, 2.75) is 55.0 Å². The molecule has 3 aliphatic rings. The first-order valence-electron chi connectivity index (χ1n) is 14.4. The number of hydrogen-bond donors (Lipinski definition) is 6. The molecule has 3 aliphatic heterocycles. The third-order valence-corrected chi connectivity index (χ3v) is 9.25. The van der Waals surface area contributed by atoms with E-state index in [1.807, 2.05) is 12.2 Å². The molecule has 23 heteroatoms. The molecular weight excluding hydrogens is 718 g/mol. The highest BCUT2D eigenvalue weighted by molar-refractivity contribution is 8.39. The van der Waals surface area contributed by atoms with Gasteiger partial charge in [0.25, 0.3) is 0 Å². The van der Waals surface area contributed by atoms with E-state index in [9.17, 15) is 19.3 Å². The molecule has 3 aromatic rings. The van der Waals surface area contributed by atoms with E-state index in [1.165, 1.54) is 29.8 Å². The number of anilines is 2. The summed E-state index contributed by atoms with van der Waals surface area (Å²) in [7, 11) is -4.85. The first kappa shape index (κ1) is 35.0. The quantitative estimate of drug-likeness (QED) is 0.0794. The number of nitrogens with zero attached hydrogens (tertiary/aromatic N) is 7. The van der Waals surface area contributed by atoms with Crippen LogP contribution in [0.3, 0.4) is 0 Å². The molecular formula is C25H29F2N9O8P2S2+2. The zero-order valence-electron chi connectivity index (χ0n) is 24.5. The summed E-state index contributed by atoms with van der Waals surface area (Å²) in [4.78, 5) is 25.6. The number of aliphatic hydroxyl groups excluding tert-OH is 2. The van der Waals surface area contributed by atoms with Crippen molar-refractivity contribution in [3.63, 3.8) is 0 Å². The minimum absolute atomic E-state index is 0.268. The smallest absolute Gasteiger partial charge is 0.394 e. The first-order chi connectivity index (χ1) is 23.2. The van der Waals surface area contributed by atoms with Gasteiger partial charge in [-0.25, -0.2) is 33.7 Å². The van der Waals surface area contributed by atoms with Crippen LogP contribution >= 0.6 is 39.0 Å². The van der Waals surface area contributed by atoms with Crippen molar-refractivity contribution < 1.29 is 46.6 Å². The van der Waals surface area contributed by atoms with Crippen molar-refractivity contribution in [3.05, 3.63) is 36.8 Å². The minimum Gasteiger partial charge on any atom is -0.394 e. The predicted molar refractivity (Wildman–Crippen MR) is 174 cm³/mol. The van der Waals surface area contributed by atoms with Crippen LogP contribution in [0.25, 0.3) is 11.2 Å². The molecule has 2 saturated heterocycles. The number of fused-ring (bicyclic) bond motifs is 2. The van der Waals surface area contributed by atoms with Gasteiger partial charge in [-0.05, 0) is 9.13 Å². The molecule has 0 radical (unpaired) electrons. The molecule has 4 N–H and O–H groups in total. The van der Waals surface area contributed by atoms with E-state index in [0.29, 0.717) is 41.6 Å². The highest BCUT2D eigenvalue weighted by Crippen LogP contribution is 2.45. The SMILES string of the molecule is O=[P+](S)O[C@@H]1C(CO)O[C@@H](n2cnc3c(NC/C=C/CNc4ncnc5c4N=C[C@@H]5C4OC(CO)[C@@H](O[P+](=O)S)[C@H]4F)ncnc32)[C@@H]1F. The van der Waals surface area contributed by atoms with Gasteiger partial charge >= 0.3 is 14.5 Å². The van der Waals surface area contributed by atoms with Crippen LogP contribution in [0.15, 0.2) is 36.1 Å². The Labute approximate surface area is 283 Å². The normalized spacial score (nSPS) is 30.3. The zero-order chi connectivity index (χ0) is 33.9. The topological polar surface area (TPSA) is 217 Å². The van der Waals surface area contributed by atoms with E-state index in [1.54, 1.807) is 0 Å². The lowest BCUT2D eigenvalue weighted by atomic mass is 9.95. The molecule has 6 heterocycles. The predicted octanol–water partition coefficient (Wildman–Crippen LogP) is 2.77. The summed E-state index contributed by atoms with van der Waals surface area (Å²) < 4.78 is 76.2. The van der Waals surface area contributed by atoms with Gasteiger partial charge in [0.1, 0.15) is 61.2 Å². The number of nitrogens with one attached hydrogen (secondary N) is 2. The van der Waals surface area contributed by atoms with E-state index in [4.69, 9.17) is 18.5 Å². The molecule has 0 aliphatic carbocycles. The third-order valence-electron chi connectivity index (χ3n) is 7.84. The van der Waals surface area contributed by atoms with Gasteiger partial charge in [-0.2, -0.15) is 0 Å². The van der Waals surface area contributed by atoms with Crippen molar-refractivity contribution in [2.24, 2.45) is 4.99 Å². The second kappa shape index (κ2) is 15.4. The van der Waals surface area contributed by atoms with Gasteiger partial charge in [-0.1, -0.05) is 12.2 Å². The summed E-state index contributed by atoms with van der Waals surface area (Å²) in [6.45, 7) is -0.416. The largest absolute Gasteiger partial charge is 0.582 e. The molecule has 6 rings (SSSR count). The van der Waals surface area contributed by atoms with Crippen molar-refractivity contribution in [1.82, 2.24) is 29.5 Å². The molecule has 256 valence electrons. The van der Waals surface area contributed by atoms with Gasteiger partial charge in [-0.3, -0.25) is 9.56 Å². The fourth-order valence-electron chi connectivity index (χ4n) is 5.71. The Morgan fingerprint density at radius 2 is 1.52 bits per heavy atom. The van der Waals surface area contributed by atoms with Crippen molar-refractivity contribution >= 4 is 73.7 Å². The fourth-order valence-corrected chi connectivity index (χ4v) is 7.28. The van der Waals surface area contributed by atoms with E-state index in [2.05, 4.69) is 65.0 Å². The Hall–Kier alpha value is -2.84. The van der Waals surface area contributed by atoms with E-state index in [0.717, 1.165) is 0 Å². The minimum atomic E-state index is -2.43. The molecule has 0 aromatic carbocycles. The molecule has 48 heavy (non-hydrogen) atoms. The summed E-state index contributed by atoms with van der Waals surface area (Å²) in [6, 6.07) is 0. The molecule has 5 unspecified atom stereocenters. The number of thiol groups is 2. The van der Waals surface area contributed by atoms with Gasteiger partial charge in [0.15, 0.2) is 53.6 Å². The van der Waals surface area contributed by atoms with Crippen molar-refractivity contribution in [1.29, 1.82) is 0 Å². The Balaban J connectivity index is 1.05. The second-order valence-corrected chi connectivity index (χ2v) is 13.9. The zero-order valence-corrected chi connectivity index (χ0v) is 28.1. The molecule has 0 bridgehead atoms. The Kier molecular flexibility index (Phi) is 11.2. The van der Waals surface area contributed by atoms with Crippen LogP contribution in [-0.4, -0.2) is 115 Å². The van der Waals surface area contributed by atoms with Gasteiger partial charge in [0, 0.05) is 19.3 Å². The molecule has 3 aromatic heterocycles. The summed E-state index contributed by atoms with van der Waals surface area (Å²) in [6.07, 6.45) is -1.38. The third kappa shape index (κ3) is 7.07. The maximum absolute atomic E-state index is 15.3. The summed E-state index contributed by atoms with van der Waals surface area (Å²) in [5, 5.41) is 25.5. The number of hydrogen-bond acceptors (Lipinski definition) is 16. The fraction of sp³-hybridized carbons (Fsp3) is 0.520. The molecule has 17 nitrogen and oxygen atoms in total. The highest BCUT2D eigenvalue weighted by atomic mass is 32.7. The first-order valence-corrected chi connectivity index (χ1v) is 19.0. The number of halogens is 2. The summed E-state index contributed by atoms with van der Waals surface area (Å²) in [5.41, 5.74) is 1.46. The van der Waals surface area contributed by atoms with Crippen LogP contribution < -0.4 is 10.6 Å². The van der Waals surface area contributed by atoms with Crippen LogP contribution in [0.2, 0.25) is 0 Å². The average molecular weight is 748 g/mol. The number of aromatic nitrogens is 6. The lowest BCUT2D eigenvalue weighted by molar-refractivity contribution is -0.0427. The van der Waals surface area contributed by atoms with Gasteiger partial charge < -0.3 is 30.3 Å². The Morgan fingerprint density at radius 1 is 0.896 bits per heavy atom. The Bertz CT molecular complexity index is 1730. The molecule has 0 amide bonds. The van der Waals surface area contributed by atoms with Crippen LogP contribution in [0.4, 0.5) is 26.1 Å². The molecule has 2 fully saturated rings. The van der Waals surface area contributed by atoms with Crippen LogP contribution in [0.5, 0.6) is 0 Å². The average Bonchev–Trinajstić information content (AvgIpc) is 3.83. The lowest BCUT2D eigenvalue weighted by Gasteiger charge is -2.18. The number of imidazole rings is 1. The number of alkyl halides is 2. The van der Waals surface area contributed by atoms with Crippen LogP contribution in [0.1, 0.15) is 17.8 Å². The van der Waals surface area contributed by atoms with Crippen LogP contribution in [0, 0.1) is 0 Å². The van der Waals surface area contributed by atoms with Crippen LogP contribution in [-0.2, 0) is 27.7 Å². The Morgan fingerprint density at radius 3 is 2.21 bits per heavy atom. The van der Waals surface area contributed by atoms with Gasteiger partial charge in [0.2, 0.25) is 0 Å². The number of aliphatic imine (C=N–C) groups is 1.